The Hall–Kier alpha value is -1.40. The summed E-state index contributed by atoms with van der Waals surface area (Å²) < 4.78 is 27.3. The van der Waals surface area contributed by atoms with Crippen LogP contribution in [0, 0.1) is 0 Å². The molecule has 1 aliphatic heterocycles. The van der Waals surface area contributed by atoms with Gasteiger partial charge in [0.1, 0.15) is 0 Å². The van der Waals surface area contributed by atoms with Gasteiger partial charge in [0.25, 0.3) is 0 Å². The molecule has 1 saturated heterocycles. The molecule has 0 aliphatic carbocycles. The van der Waals surface area contributed by atoms with E-state index in [4.69, 9.17) is 5.73 Å². The summed E-state index contributed by atoms with van der Waals surface area (Å²) in [4.78, 5) is 0.359. The Bertz CT molecular complexity index is 781. The molecule has 3 rings (SSSR count). The zero-order chi connectivity index (χ0) is 16.4. The van der Waals surface area contributed by atoms with Crippen molar-refractivity contribution in [1.82, 2.24) is 4.31 Å². The molecular formula is C18H23ClN2O2S. The third-order valence-corrected chi connectivity index (χ3v) is 6.33. The SMILES string of the molecule is CCc1cccc(S(=O)(=O)N2C[C@@H](N)[C@H](c3ccccc3)C2)c1.Cl. The maximum Gasteiger partial charge on any atom is 0.243 e. The Balaban J connectivity index is 0.00000208. The highest BCUT2D eigenvalue weighted by molar-refractivity contribution is 7.89. The molecule has 0 unspecified atom stereocenters. The van der Waals surface area contributed by atoms with Crippen LogP contribution in [0.25, 0.3) is 0 Å². The molecule has 1 fully saturated rings. The van der Waals surface area contributed by atoms with Crippen LogP contribution in [-0.2, 0) is 16.4 Å². The first-order valence-corrected chi connectivity index (χ1v) is 9.36. The fraction of sp³-hybridized carbons (Fsp3) is 0.333. The summed E-state index contributed by atoms with van der Waals surface area (Å²) in [5.41, 5.74) is 8.35. The Morgan fingerprint density at radius 2 is 1.79 bits per heavy atom. The summed E-state index contributed by atoms with van der Waals surface area (Å²) in [7, 11) is -3.49. The van der Waals surface area contributed by atoms with Gasteiger partial charge in [0, 0.05) is 25.0 Å². The van der Waals surface area contributed by atoms with Gasteiger partial charge >= 0.3 is 0 Å². The van der Waals surface area contributed by atoms with E-state index in [2.05, 4.69) is 0 Å². The molecule has 130 valence electrons. The number of nitrogens with zero attached hydrogens (tertiary/aromatic N) is 1. The van der Waals surface area contributed by atoms with E-state index < -0.39 is 10.0 Å². The molecule has 0 spiro atoms. The Labute approximate surface area is 150 Å². The smallest absolute Gasteiger partial charge is 0.243 e. The van der Waals surface area contributed by atoms with Crippen LogP contribution >= 0.6 is 12.4 Å². The van der Waals surface area contributed by atoms with Crippen LogP contribution in [0.4, 0.5) is 0 Å². The van der Waals surface area contributed by atoms with E-state index >= 15 is 0 Å². The first-order valence-electron chi connectivity index (χ1n) is 7.92. The number of aryl methyl sites for hydroxylation is 1. The van der Waals surface area contributed by atoms with Gasteiger partial charge in [-0.1, -0.05) is 49.4 Å². The predicted molar refractivity (Wildman–Crippen MR) is 99.0 cm³/mol. The molecule has 2 aromatic carbocycles. The summed E-state index contributed by atoms with van der Waals surface area (Å²) in [5, 5.41) is 0. The van der Waals surface area contributed by atoms with Gasteiger partial charge in [0.15, 0.2) is 0 Å². The van der Waals surface area contributed by atoms with Gasteiger partial charge in [-0.3, -0.25) is 0 Å². The molecule has 6 heteroatoms. The van der Waals surface area contributed by atoms with Gasteiger partial charge < -0.3 is 5.73 Å². The third-order valence-electron chi connectivity index (χ3n) is 4.50. The van der Waals surface area contributed by atoms with Gasteiger partial charge in [0.05, 0.1) is 4.90 Å². The van der Waals surface area contributed by atoms with Crippen LogP contribution < -0.4 is 5.73 Å². The Morgan fingerprint density at radius 1 is 1.08 bits per heavy atom. The molecule has 0 saturated carbocycles. The molecule has 4 nitrogen and oxygen atoms in total. The van der Waals surface area contributed by atoms with Crippen molar-refractivity contribution in [3.8, 4) is 0 Å². The fourth-order valence-corrected chi connectivity index (χ4v) is 4.69. The maximum absolute atomic E-state index is 12.9. The molecule has 0 bridgehead atoms. The van der Waals surface area contributed by atoms with Crippen molar-refractivity contribution in [2.45, 2.75) is 30.2 Å². The minimum atomic E-state index is -3.49. The fourth-order valence-electron chi connectivity index (χ4n) is 3.12. The lowest BCUT2D eigenvalue weighted by atomic mass is 9.95. The van der Waals surface area contributed by atoms with E-state index in [-0.39, 0.29) is 24.4 Å². The van der Waals surface area contributed by atoms with E-state index in [1.165, 1.54) is 4.31 Å². The first kappa shape index (κ1) is 18.9. The van der Waals surface area contributed by atoms with Crippen LogP contribution in [0.5, 0.6) is 0 Å². The molecule has 0 amide bonds. The lowest BCUT2D eigenvalue weighted by Gasteiger charge is -2.17. The number of sulfonamides is 1. The lowest BCUT2D eigenvalue weighted by molar-refractivity contribution is 0.470. The molecule has 1 heterocycles. The summed E-state index contributed by atoms with van der Waals surface area (Å²) in [6.45, 7) is 2.81. The van der Waals surface area contributed by atoms with Crippen molar-refractivity contribution >= 4 is 22.4 Å². The van der Waals surface area contributed by atoms with Gasteiger partial charge in [-0.15, -0.1) is 12.4 Å². The summed E-state index contributed by atoms with van der Waals surface area (Å²) >= 11 is 0. The maximum atomic E-state index is 12.9. The molecule has 2 N–H and O–H groups in total. The average Bonchev–Trinajstić information content (AvgIpc) is 2.98. The summed E-state index contributed by atoms with van der Waals surface area (Å²) in [6.07, 6.45) is 0.815. The molecule has 24 heavy (non-hydrogen) atoms. The number of halogens is 1. The van der Waals surface area contributed by atoms with Crippen molar-refractivity contribution in [2.24, 2.45) is 5.73 Å². The van der Waals surface area contributed by atoms with Crippen LogP contribution in [-0.4, -0.2) is 31.9 Å². The highest BCUT2D eigenvalue weighted by atomic mass is 35.5. The molecule has 0 radical (unpaired) electrons. The second-order valence-corrected chi connectivity index (χ2v) is 7.94. The average molecular weight is 367 g/mol. The molecule has 2 atom stereocenters. The Kier molecular flexibility index (Phi) is 6.04. The number of rotatable bonds is 4. The highest BCUT2D eigenvalue weighted by Gasteiger charge is 2.38. The van der Waals surface area contributed by atoms with Crippen molar-refractivity contribution in [3.05, 3.63) is 65.7 Å². The normalized spacial score (nSPS) is 21.4. The van der Waals surface area contributed by atoms with Gasteiger partial charge in [0.2, 0.25) is 10.0 Å². The molecule has 0 aromatic heterocycles. The number of hydrogen-bond acceptors (Lipinski definition) is 3. The first-order chi connectivity index (χ1) is 11.0. The van der Waals surface area contributed by atoms with Crippen LogP contribution in [0.1, 0.15) is 24.0 Å². The molecular weight excluding hydrogens is 344 g/mol. The third kappa shape index (κ3) is 3.64. The Morgan fingerprint density at radius 3 is 2.46 bits per heavy atom. The van der Waals surface area contributed by atoms with E-state index in [0.717, 1.165) is 17.5 Å². The number of benzene rings is 2. The zero-order valence-electron chi connectivity index (χ0n) is 13.6. The lowest BCUT2D eigenvalue weighted by Crippen LogP contribution is -2.32. The van der Waals surface area contributed by atoms with Crippen molar-refractivity contribution in [3.63, 3.8) is 0 Å². The van der Waals surface area contributed by atoms with E-state index in [1.807, 2.05) is 43.3 Å². The molecule has 2 aromatic rings. The number of hydrogen-bond donors (Lipinski definition) is 1. The molecule has 1 aliphatic rings. The van der Waals surface area contributed by atoms with E-state index in [9.17, 15) is 8.42 Å². The second-order valence-electron chi connectivity index (χ2n) is 6.00. The van der Waals surface area contributed by atoms with Gasteiger partial charge in [-0.25, -0.2) is 8.42 Å². The number of nitrogens with two attached hydrogens (primary N) is 1. The van der Waals surface area contributed by atoms with Crippen molar-refractivity contribution < 1.29 is 8.42 Å². The van der Waals surface area contributed by atoms with Gasteiger partial charge in [-0.2, -0.15) is 4.31 Å². The van der Waals surface area contributed by atoms with Crippen LogP contribution in [0.15, 0.2) is 59.5 Å². The van der Waals surface area contributed by atoms with Crippen LogP contribution in [0.2, 0.25) is 0 Å². The standard InChI is InChI=1S/C18H22N2O2S.ClH/c1-2-14-7-6-10-16(11-14)23(21,22)20-12-17(18(19)13-20)15-8-4-3-5-9-15;/h3-11,17-18H,2,12-13,19H2,1H3;1H/t17-,18+;/m0./s1. The predicted octanol–water partition coefficient (Wildman–Crippen LogP) is 2.79. The largest absolute Gasteiger partial charge is 0.326 e. The topological polar surface area (TPSA) is 63.4 Å². The minimum absolute atomic E-state index is 0. The summed E-state index contributed by atoms with van der Waals surface area (Å²) in [6, 6.07) is 16.9. The van der Waals surface area contributed by atoms with Gasteiger partial charge in [-0.05, 0) is 29.7 Å². The summed E-state index contributed by atoms with van der Waals surface area (Å²) in [5.74, 6) is 0.0420. The van der Waals surface area contributed by atoms with Crippen molar-refractivity contribution in [2.75, 3.05) is 13.1 Å². The minimum Gasteiger partial charge on any atom is -0.326 e. The zero-order valence-corrected chi connectivity index (χ0v) is 15.3. The quantitative estimate of drug-likeness (QED) is 0.904. The van der Waals surface area contributed by atoms with E-state index in [0.29, 0.717) is 18.0 Å². The van der Waals surface area contributed by atoms with E-state index in [1.54, 1.807) is 18.2 Å². The highest BCUT2D eigenvalue weighted by Crippen LogP contribution is 2.30. The monoisotopic (exact) mass is 366 g/mol. The second kappa shape index (κ2) is 7.66. The van der Waals surface area contributed by atoms with Crippen LogP contribution in [0.3, 0.4) is 0 Å². The van der Waals surface area contributed by atoms with Crippen molar-refractivity contribution in [1.29, 1.82) is 0 Å².